The normalized spacial score (nSPS) is 26.2. The minimum absolute atomic E-state index is 0.00940. The van der Waals surface area contributed by atoms with Crippen molar-refractivity contribution in [2.45, 2.75) is 45.1 Å². The molecule has 4 rings (SSSR count). The molecule has 1 aromatic rings. The summed E-state index contributed by atoms with van der Waals surface area (Å²) in [7, 11) is 0. The van der Waals surface area contributed by atoms with E-state index >= 15 is 0 Å². The molecule has 0 radical (unpaired) electrons. The summed E-state index contributed by atoms with van der Waals surface area (Å²) in [6, 6.07) is 10.7. The molecule has 0 saturated carbocycles. The summed E-state index contributed by atoms with van der Waals surface area (Å²) in [6.45, 7) is 4.22. The van der Waals surface area contributed by atoms with E-state index in [-0.39, 0.29) is 17.9 Å². The van der Waals surface area contributed by atoms with Crippen LogP contribution in [0, 0.1) is 11.8 Å². The van der Waals surface area contributed by atoms with Crippen LogP contribution >= 0.6 is 11.8 Å². The molecule has 0 aromatic heterocycles. The molecule has 2 saturated heterocycles. The molecule has 3 aliphatic rings. The molecule has 0 aliphatic carbocycles. The average Bonchev–Trinajstić information content (AvgIpc) is 3.24. The molecule has 2 unspecified atom stereocenters. The number of nitrogens with zero attached hydrogens (tertiary/aromatic N) is 2. The van der Waals surface area contributed by atoms with Gasteiger partial charge >= 0.3 is 0 Å². The van der Waals surface area contributed by atoms with Crippen LogP contribution in [0.3, 0.4) is 0 Å². The molecular formula is C23H30N2O2S. The first-order valence-corrected chi connectivity index (χ1v) is 11.6. The fraction of sp³-hybridized carbons (Fsp3) is 0.565. The van der Waals surface area contributed by atoms with Crippen molar-refractivity contribution in [2.75, 3.05) is 25.4 Å². The van der Waals surface area contributed by atoms with Gasteiger partial charge < -0.3 is 9.80 Å². The summed E-state index contributed by atoms with van der Waals surface area (Å²) < 4.78 is 0. The third-order valence-electron chi connectivity index (χ3n) is 6.43. The van der Waals surface area contributed by atoms with Crippen LogP contribution in [0.4, 0.5) is 0 Å². The van der Waals surface area contributed by atoms with Crippen LogP contribution in [0.5, 0.6) is 0 Å². The number of likely N-dealkylation sites (tertiary alicyclic amines) is 2. The standard InChI is InChI=1S/C23H30N2O2S/c1-17(26)24-13-10-19(11-14-24)22-15-20(16-28-22)23(27)25-12-6-5-9-21(25)18-7-3-2-4-8-18/h2-4,7-8,15,19-21H,5-6,9-14,16H2,1H3. The van der Waals surface area contributed by atoms with Gasteiger partial charge in [-0.15, -0.1) is 11.8 Å². The largest absolute Gasteiger partial charge is 0.343 e. The Bertz CT molecular complexity index is 740. The maximum Gasteiger partial charge on any atom is 0.230 e. The second-order valence-corrected chi connectivity index (χ2v) is 9.31. The number of allylic oxidation sites excluding steroid dienone is 1. The number of piperidine rings is 2. The summed E-state index contributed by atoms with van der Waals surface area (Å²) in [5.41, 5.74) is 1.27. The van der Waals surface area contributed by atoms with Crippen molar-refractivity contribution in [3.05, 3.63) is 46.9 Å². The van der Waals surface area contributed by atoms with Crippen molar-refractivity contribution in [3.63, 3.8) is 0 Å². The van der Waals surface area contributed by atoms with Crippen molar-refractivity contribution < 1.29 is 9.59 Å². The number of carbonyl (C=O) groups excluding carboxylic acids is 2. The average molecular weight is 399 g/mol. The third kappa shape index (κ3) is 4.14. The van der Waals surface area contributed by atoms with Crippen molar-refractivity contribution >= 4 is 23.6 Å². The summed E-state index contributed by atoms with van der Waals surface area (Å²) >= 11 is 1.87. The fourth-order valence-electron chi connectivity index (χ4n) is 4.79. The maximum atomic E-state index is 13.4. The Labute approximate surface area is 172 Å². The van der Waals surface area contributed by atoms with Gasteiger partial charge in [0.25, 0.3) is 0 Å². The highest BCUT2D eigenvalue weighted by Gasteiger charge is 2.35. The van der Waals surface area contributed by atoms with E-state index in [1.807, 2.05) is 22.7 Å². The van der Waals surface area contributed by atoms with Crippen molar-refractivity contribution in [1.29, 1.82) is 0 Å². The van der Waals surface area contributed by atoms with Crippen molar-refractivity contribution in [2.24, 2.45) is 11.8 Å². The number of thioether (sulfide) groups is 1. The number of hydrogen-bond acceptors (Lipinski definition) is 3. The lowest BCUT2D eigenvalue weighted by Gasteiger charge is -2.37. The van der Waals surface area contributed by atoms with Crippen molar-refractivity contribution in [1.82, 2.24) is 9.80 Å². The molecule has 1 aromatic carbocycles. The second kappa shape index (κ2) is 8.73. The predicted octanol–water partition coefficient (Wildman–Crippen LogP) is 4.25. The van der Waals surface area contributed by atoms with Gasteiger partial charge in [-0.2, -0.15) is 0 Å². The number of hydrogen-bond donors (Lipinski definition) is 0. The third-order valence-corrected chi connectivity index (χ3v) is 7.75. The van der Waals surface area contributed by atoms with Gasteiger partial charge in [0, 0.05) is 32.3 Å². The molecule has 4 nitrogen and oxygen atoms in total. The zero-order valence-electron chi connectivity index (χ0n) is 16.7. The van der Waals surface area contributed by atoms with E-state index in [0.29, 0.717) is 11.8 Å². The van der Waals surface area contributed by atoms with E-state index < -0.39 is 0 Å². The van der Waals surface area contributed by atoms with Gasteiger partial charge in [0.05, 0.1) is 12.0 Å². The molecule has 150 valence electrons. The Balaban J connectivity index is 1.42. The van der Waals surface area contributed by atoms with Crippen LogP contribution in [0.15, 0.2) is 41.3 Å². The van der Waals surface area contributed by atoms with E-state index in [1.54, 1.807) is 6.92 Å². The van der Waals surface area contributed by atoms with E-state index in [1.165, 1.54) is 16.9 Å². The highest BCUT2D eigenvalue weighted by atomic mass is 32.2. The molecule has 2 fully saturated rings. The molecule has 5 heteroatoms. The van der Waals surface area contributed by atoms with Crippen molar-refractivity contribution in [3.8, 4) is 0 Å². The summed E-state index contributed by atoms with van der Waals surface area (Å²) in [5.74, 6) is 1.88. The van der Waals surface area contributed by atoms with Gasteiger partial charge in [0.15, 0.2) is 0 Å². The molecule has 2 atom stereocenters. The lowest BCUT2D eigenvalue weighted by atomic mass is 9.92. The monoisotopic (exact) mass is 398 g/mol. The lowest BCUT2D eigenvalue weighted by Crippen LogP contribution is -2.41. The van der Waals surface area contributed by atoms with Crippen LogP contribution in [0.1, 0.15) is 50.6 Å². The highest BCUT2D eigenvalue weighted by Crippen LogP contribution is 2.41. The van der Waals surface area contributed by atoms with Crippen LogP contribution in [-0.4, -0.2) is 47.0 Å². The Hall–Kier alpha value is -1.75. The number of benzene rings is 1. The van der Waals surface area contributed by atoms with Gasteiger partial charge in [-0.3, -0.25) is 9.59 Å². The van der Waals surface area contributed by atoms with Gasteiger partial charge in [0.2, 0.25) is 11.8 Å². The Morgan fingerprint density at radius 3 is 2.46 bits per heavy atom. The number of rotatable bonds is 3. The molecule has 3 aliphatic heterocycles. The highest BCUT2D eigenvalue weighted by molar-refractivity contribution is 8.03. The van der Waals surface area contributed by atoms with Crippen LogP contribution < -0.4 is 0 Å². The van der Waals surface area contributed by atoms with Crippen LogP contribution in [-0.2, 0) is 9.59 Å². The van der Waals surface area contributed by atoms with E-state index in [2.05, 4.69) is 35.2 Å². The number of amides is 2. The van der Waals surface area contributed by atoms with Crippen LogP contribution in [0.25, 0.3) is 0 Å². The van der Waals surface area contributed by atoms with Gasteiger partial charge in [-0.25, -0.2) is 0 Å². The Kier molecular flexibility index (Phi) is 6.10. The number of carbonyl (C=O) groups is 2. The molecule has 3 heterocycles. The smallest absolute Gasteiger partial charge is 0.230 e. The predicted molar refractivity (Wildman–Crippen MR) is 114 cm³/mol. The van der Waals surface area contributed by atoms with E-state index in [4.69, 9.17) is 0 Å². The second-order valence-electron chi connectivity index (χ2n) is 8.22. The lowest BCUT2D eigenvalue weighted by molar-refractivity contribution is -0.137. The first-order valence-electron chi connectivity index (χ1n) is 10.6. The van der Waals surface area contributed by atoms with Gasteiger partial charge in [0.1, 0.15) is 0 Å². The quantitative estimate of drug-likeness (QED) is 0.764. The Morgan fingerprint density at radius 1 is 1.00 bits per heavy atom. The minimum atomic E-state index is 0.00940. The maximum absolute atomic E-state index is 13.4. The topological polar surface area (TPSA) is 40.6 Å². The SMILES string of the molecule is CC(=O)N1CCC(C2=CC(C(=O)N3CCCCC3c3ccccc3)CS2)CC1. The molecule has 28 heavy (non-hydrogen) atoms. The zero-order valence-corrected chi connectivity index (χ0v) is 17.5. The van der Waals surface area contributed by atoms with Gasteiger partial charge in [-0.05, 0) is 48.5 Å². The fourth-order valence-corrected chi connectivity index (χ4v) is 6.13. The molecule has 0 bridgehead atoms. The van der Waals surface area contributed by atoms with Crippen LogP contribution in [0.2, 0.25) is 0 Å². The first-order chi connectivity index (χ1) is 13.6. The summed E-state index contributed by atoms with van der Waals surface area (Å²) in [5, 5.41) is 0. The van der Waals surface area contributed by atoms with Gasteiger partial charge in [-0.1, -0.05) is 36.4 Å². The summed E-state index contributed by atoms with van der Waals surface area (Å²) in [6.07, 6.45) is 7.66. The molecule has 0 spiro atoms. The summed E-state index contributed by atoms with van der Waals surface area (Å²) in [4.78, 5) is 30.4. The zero-order chi connectivity index (χ0) is 19.5. The van der Waals surface area contributed by atoms with E-state index in [9.17, 15) is 9.59 Å². The molecule has 0 N–H and O–H groups in total. The molecular weight excluding hydrogens is 368 g/mol. The van der Waals surface area contributed by atoms with E-state index in [0.717, 1.165) is 51.1 Å². The Morgan fingerprint density at radius 2 is 1.75 bits per heavy atom. The first kappa shape index (κ1) is 19.6. The minimum Gasteiger partial charge on any atom is -0.343 e. The molecule has 2 amide bonds.